The Labute approximate surface area is 160 Å². The quantitative estimate of drug-likeness (QED) is 0.751. The van der Waals surface area contributed by atoms with E-state index in [0.717, 1.165) is 5.69 Å². The Hall–Kier alpha value is -2.45. The van der Waals surface area contributed by atoms with Crippen molar-refractivity contribution in [2.75, 3.05) is 52.4 Å². The molecular formula is C19H24N2O5S. The highest BCUT2D eigenvalue weighted by molar-refractivity contribution is 7.89. The highest BCUT2D eigenvalue weighted by atomic mass is 32.2. The summed E-state index contributed by atoms with van der Waals surface area (Å²) in [7, 11) is 1.25. The second kappa shape index (κ2) is 8.06. The largest absolute Gasteiger partial charge is 0.493 e. The van der Waals surface area contributed by atoms with Crippen molar-refractivity contribution >= 4 is 15.7 Å². The van der Waals surface area contributed by atoms with E-state index in [1.807, 2.05) is 12.1 Å². The van der Waals surface area contributed by atoms with Gasteiger partial charge >= 0.3 is 0 Å². The third-order valence-electron chi connectivity index (χ3n) is 4.63. The van der Waals surface area contributed by atoms with Crippen molar-refractivity contribution < 1.29 is 22.6 Å². The first-order valence-corrected chi connectivity index (χ1v) is 10.1. The van der Waals surface area contributed by atoms with Crippen LogP contribution in [0.1, 0.15) is 0 Å². The molecule has 7 nitrogen and oxygen atoms in total. The minimum absolute atomic E-state index is 0.325. The van der Waals surface area contributed by atoms with Gasteiger partial charge in [0.1, 0.15) is 0 Å². The SMILES string of the molecule is COc1cc(N2CCN(S(=O)(=O)c3ccccc3)CC2)cc(OC)c1OC. The van der Waals surface area contributed by atoms with E-state index in [4.69, 9.17) is 14.2 Å². The van der Waals surface area contributed by atoms with Crippen LogP contribution >= 0.6 is 0 Å². The molecule has 1 heterocycles. The van der Waals surface area contributed by atoms with Crippen LogP contribution in [0.2, 0.25) is 0 Å². The van der Waals surface area contributed by atoms with Crippen molar-refractivity contribution in [2.24, 2.45) is 0 Å². The Kier molecular flexibility index (Phi) is 5.76. The van der Waals surface area contributed by atoms with E-state index in [0.29, 0.717) is 48.3 Å². The molecule has 0 spiro atoms. The molecule has 8 heteroatoms. The van der Waals surface area contributed by atoms with Gasteiger partial charge in [-0.1, -0.05) is 18.2 Å². The number of ether oxygens (including phenoxy) is 3. The number of rotatable bonds is 6. The van der Waals surface area contributed by atoms with Gasteiger partial charge in [0.15, 0.2) is 11.5 Å². The molecule has 0 amide bonds. The van der Waals surface area contributed by atoms with E-state index < -0.39 is 10.0 Å². The highest BCUT2D eigenvalue weighted by Gasteiger charge is 2.29. The van der Waals surface area contributed by atoms with Crippen LogP contribution in [0.15, 0.2) is 47.4 Å². The number of sulfonamides is 1. The third-order valence-corrected chi connectivity index (χ3v) is 6.55. The maximum Gasteiger partial charge on any atom is 0.243 e. The Morgan fingerprint density at radius 3 is 1.85 bits per heavy atom. The van der Waals surface area contributed by atoms with Crippen LogP contribution in [0, 0.1) is 0 Å². The van der Waals surface area contributed by atoms with Gasteiger partial charge in [0.25, 0.3) is 0 Å². The van der Waals surface area contributed by atoms with Gasteiger partial charge in [0, 0.05) is 44.0 Å². The lowest BCUT2D eigenvalue weighted by atomic mass is 10.2. The average Bonchev–Trinajstić information content (AvgIpc) is 2.73. The summed E-state index contributed by atoms with van der Waals surface area (Å²) in [5.41, 5.74) is 0.904. The average molecular weight is 392 g/mol. The molecule has 2 aromatic rings. The van der Waals surface area contributed by atoms with E-state index in [1.165, 1.54) is 4.31 Å². The van der Waals surface area contributed by atoms with Crippen molar-refractivity contribution in [3.05, 3.63) is 42.5 Å². The van der Waals surface area contributed by atoms with Crippen molar-refractivity contribution in [1.82, 2.24) is 4.31 Å². The van der Waals surface area contributed by atoms with Crippen LogP contribution < -0.4 is 19.1 Å². The predicted molar refractivity (Wildman–Crippen MR) is 104 cm³/mol. The molecule has 27 heavy (non-hydrogen) atoms. The molecule has 3 rings (SSSR count). The summed E-state index contributed by atoms with van der Waals surface area (Å²) in [6.45, 7) is 1.97. The van der Waals surface area contributed by atoms with Gasteiger partial charge in [0.2, 0.25) is 15.8 Å². The molecule has 1 aliphatic heterocycles. The van der Waals surface area contributed by atoms with Crippen LogP contribution in [-0.2, 0) is 10.0 Å². The molecule has 0 N–H and O–H groups in total. The maximum atomic E-state index is 12.8. The number of benzene rings is 2. The minimum Gasteiger partial charge on any atom is -0.493 e. The second-order valence-electron chi connectivity index (χ2n) is 6.09. The van der Waals surface area contributed by atoms with Crippen LogP contribution in [0.3, 0.4) is 0 Å². The van der Waals surface area contributed by atoms with Crippen molar-refractivity contribution in [3.63, 3.8) is 0 Å². The minimum atomic E-state index is -3.47. The van der Waals surface area contributed by atoms with Crippen LogP contribution in [0.25, 0.3) is 0 Å². The smallest absolute Gasteiger partial charge is 0.243 e. The topological polar surface area (TPSA) is 68.3 Å². The van der Waals surface area contributed by atoms with E-state index in [9.17, 15) is 8.42 Å². The lowest BCUT2D eigenvalue weighted by Crippen LogP contribution is -2.48. The molecular weight excluding hydrogens is 368 g/mol. The van der Waals surface area contributed by atoms with Gasteiger partial charge in [-0.2, -0.15) is 4.31 Å². The van der Waals surface area contributed by atoms with Gasteiger partial charge in [-0.15, -0.1) is 0 Å². The molecule has 1 aliphatic rings. The second-order valence-corrected chi connectivity index (χ2v) is 8.03. The molecule has 0 saturated carbocycles. The molecule has 1 fully saturated rings. The van der Waals surface area contributed by atoms with Crippen molar-refractivity contribution in [1.29, 1.82) is 0 Å². The monoisotopic (exact) mass is 392 g/mol. The Bertz CT molecular complexity index is 853. The number of anilines is 1. The fourth-order valence-electron chi connectivity index (χ4n) is 3.18. The highest BCUT2D eigenvalue weighted by Crippen LogP contribution is 2.41. The fourth-order valence-corrected chi connectivity index (χ4v) is 4.62. The number of hydrogen-bond acceptors (Lipinski definition) is 6. The first kappa shape index (κ1) is 19.3. The maximum absolute atomic E-state index is 12.8. The zero-order valence-electron chi connectivity index (χ0n) is 15.7. The molecule has 0 bridgehead atoms. The molecule has 1 saturated heterocycles. The summed E-state index contributed by atoms with van der Waals surface area (Å²) in [6, 6.07) is 12.3. The number of piperazine rings is 1. The van der Waals surface area contributed by atoms with Crippen molar-refractivity contribution in [3.8, 4) is 17.2 Å². The molecule has 2 aromatic carbocycles. The van der Waals surface area contributed by atoms with Gasteiger partial charge in [-0.05, 0) is 12.1 Å². The summed E-state index contributed by atoms with van der Waals surface area (Å²) in [4.78, 5) is 2.44. The lowest BCUT2D eigenvalue weighted by molar-refractivity contribution is 0.324. The van der Waals surface area contributed by atoms with E-state index in [1.54, 1.807) is 51.7 Å². The predicted octanol–water partition coefficient (Wildman–Crippen LogP) is 2.22. The number of nitrogens with zero attached hydrogens (tertiary/aromatic N) is 2. The fraction of sp³-hybridized carbons (Fsp3) is 0.368. The van der Waals surface area contributed by atoms with E-state index in [-0.39, 0.29) is 0 Å². The van der Waals surface area contributed by atoms with Crippen LogP contribution in [0.5, 0.6) is 17.2 Å². The van der Waals surface area contributed by atoms with Gasteiger partial charge in [0.05, 0.1) is 26.2 Å². The zero-order chi connectivity index (χ0) is 19.4. The van der Waals surface area contributed by atoms with Gasteiger partial charge in [-0.25, -0.2) is 8.42 Å². The standard InChI is InChI=1S/C19H24N2O5S/c1-24-17-13-15(14-18(25-2)19(17)26-3)20-9-11-21(12-10-20)27(22,23)16-7-5-4-6-8-16/h4-8,13-14H,9-12H2,1-3H3. The lowest BCUT2D eigenvalue weighted by Gasteiger charge is -2.35. The van der Waals surface area contributed by atoms with E-state index in [2.05, 4.69) is 4.90 Å². The summed E-state index contributed by atoms with van der Waals surface area (Å²) in [5, 5.41) is 0. The van der Waals surface area contributed by atoms with Crippen LogP contribution in [0.4, 0.5) is 5.69 Å². The molecule has 0 radical (unpaired) electrons. The first-order valence-electron chi connectivity index (χ1n) is 8.61. The summed E-state index contributed by atoms with van der Waals surface area (Å²) in [5.74, 6) is 1.69. The molecule has 146 valence electrons. The van der Waals surface area contributed by atoms with Crippen LogP contribution in [-0.4, -0.2) is 60.2 Å². The zero-order valence-corrected chi connectivity index (χ0v) is 16.5. The normalized spacial score (nSPS) is 15.4. The summed E-state index contributed by atoms with van der Waals surface area (Å²) < 4.78 is 43.2. The molecule has 0 unspecified atom stereocenters. The Morgan fingerprint density at radius 1 is 0.815 bits per heavy atom. The van der Waals surface area contributed by atoms with Gasteiger partial charge in [-0.3, -0.25) is 0 Å². The first-order chi connectivity index (χ1) is 13.0. The number of methoxy groups -OCH3 is 3. The van der Waals surface area contributed by atoms with E-state index >= 15 is 0 Å². The number of hydrogen-bond donors (Lipinski definition) is 0. The molecule has 0 aromatic heterocycles. The Morgan fingerprint density at radius 2 is 1.37 bits per heavy atom. The molecule has 0 aliphatic carbocycles. The van der Waals surface area contributed by atoms with Gasteiger partial charge < -0.3 is 19.1 Å². The summed E-state index contributed by atoms with van der Waals surface area (Å²) >= 11 is 0. The molecule has 0 atom stereocenters. The third kappa shape index (κ3) is 3.81. The van der Waals surface area contributed by atoms with Crippen molar-refractivity contribution in [2.45, 2.75) is 4.90 Å². The Balaban J connectivity index is 1.78. The summed E-state index contributed by atoms with van der Waals surface area (Å²) in [6.07, 6.45) is 0.